The van der Waals surface area contributed by atoms with Gasteiger partial charge in [0.15, 0.2) is 0 Å². The summed E-state index contributed by atoms with van der Waals surface area (Å²) >= 11 is 2.03. The molecule has 3 aromatic rings. The zero-order valence-electron chi connectivity index (χ0n) is 14.3. The first-order valence-electron chi connectivity index (χ1n) is 7.76. The normalized spacial score (nSPS) is 11.6. The molecule has 0 aliphatic rings. The van der Waals surface area contributed by atoms with Crippen molar-refractivity contribution in [1.29, 1.82) is 0 Å². The van der Waals surface area contributed by atoms with E-state index in [9.17, 15) is 18.0 Å². The van der Waals surface area contributed by atoms with Crippen LogP contribution in [-0.2, 0) is 19.8 Å². The van der Waals surface area contributed by atoms with Gasteiger partial charge in [-0.2, -0.15) is 22.5 Å². The summed E-state index contributed by atoms with van der Waals surface area (Å²) in [5.41, 5.74) is 0.113. The fourth-order valence-corrected chi connectivity index (χ4v) is 3.13. The van der Waals surface area contributed by atoms with Crippen molar-refractivity contribution in [3.63, 3.8) is 0 Å². The highest BCUT2D eigenvalue weighted by Gasteiger charge is 2.34. The third kappa shape index (κ3) is 3.99. The molecule has 0 bridgehead atoms. The molecule has 0 unspecified atom stereocenters. The Morgan fingerprint density at radius 3 is 2.56 bits per heavy atom. The maximum absolute atomic E-state index is 13.3. The van der Waals surface area contributed by atoms with E-state index >= 15 is 0 Å². The standard InChI is InChI=1S/C17H14F3IN4O2/c1-10-6-7-15(12(8-10)17(18,19)20)27-9-11-13(21)4-3-5-14(11)25-16(26)24(2)22-23-25/h3-8H,9H2,1-2H3. The Kier molecular flexibility index (Phi) is 5.27. The predicted octanol–water partition coefficient (Wildman–Crippen LogP) is 3.48. The zero-order valence-corrected chi connectivity index (χ0v) is 16.4. The molecule has 0 N–H and O–H groups in total. The predicted molar refractivity (Wildman–Crippen MR) is 99.8 cm³/mol. The Hall–Kier alpha value is -2.37. The van der Waals surface area contributed by atoms with Gasteiger partial charge in [0.25, 0.3) is 0 Å². The third-order valence-electron chi connectivity index (χ3n) is 3.86. The number of tetrazole rings is 1. The zero-order chi connectivity index (χ0) is 19.8. The molecule has 0 radical (unpaired) electrons. The number of rotatable bonds is 4. The van der Waals surface area contributed by atoms with Gasteiger partial charge in [0.2, 0.25) is 0 Å². The molecular formula is C17H14F3IN4O2. The molecule has 27 heavy (non-hydrogen) atoms. The minimum absolute atomic E-state index is 0.163. The second kappa shape index (κ2) is 7.33. The molecule has 0 saturated carbocycles. The van der Waals surface area contributed by atoms with Crippen LogP contribution in [0.3, 0.4) is 0 Å². The molecule has 1 heterocycles. The summed E-state index contributed by atoms with van der Waals surface area (Å²) in [5.74, 6) is -0.273. The van der Waals surface area contributed by atoms with Gasteiger partial charge in [-0.1, -0.05) is 17.7 Å². The summed E-state index contributed by atoms with van der Waals surface area (Å²) < 4.78 is 48.2. The van der Waals surface area contributed by atoms with E-state index in [0.717, 1.165) is 19.0 Å². The fraction of sp³-hybridized carbons (Fsp3) is 0.235. The van der Waals surface area contributed by atoms with Crippen LogP contribution in [0.2, 0.25) is 0 Å². The Morgan fingerprint density at radius 1 is 1.19 bits per heavy atom. The van der Waals surface area contributed by atoms with Gasteiger partial charge in [-0.25, -0.2) is 4.79 Å². The molecule has 6 nitrogen and oxygen atoms in total. The number of ether oxygens (including phenoxy) is 1. The van der Waals surface area contributed by atoms with Crippen molar-refractivity contribution < 1.29 is 17.9 Å². The first-order valence-corrected chi connectivity index (χ1v) is 8.84. The Morgan fingerprint density at radius 2 is 1.93 bits per heavy atom. The first-order chi connectivity index (χ1) is 12.7. The lowest BCUT2D eigenvalue weighted by Crippen LogP contribution is -2.23. The molecular weight excluding hydrogens is 476 g/mol. The summed E-state index contributed by atoms with van der Waals surface area (Å²) in [6.07, 6.45) is -4.53. The van der Waals surface area contributed by atoms with Crippen molar-refractivity contribution in [3.05, 3.63) is 67.1 Å². The maximum Gasteiger partial charge on any atom is 0.419 e. The molecule has 0 fully saturated rings. The van der Waals surface area contributed by atoms with E-state index in [1.54, 1.807) is 31.2 Å². The molecule has 1 aromatic heterocycles. The third-order valence-corrected chi connectivity index (χ3v) is 4.87. The van der Waals surface area contributed by atoms with Gasteiger partial charge >= 0.3 is 11.9 Å². The summed E-state index contributed by atoms with van der Waals surface area (Å²) in [5, 5.41) is 7.45. The lowest BCUT2D eigenvalue weighted by molar-refractivity contribution is -0.139. The summed E-state index contributed by atoms with van der Waals surface area (Å²) in [6.45, 7) is 1.42. The van der Waals surface area contributed by atoms with Crippen molar-refractivity contribution in [2.45, 2.75) is 19.7 Å². The highest BCUT2D eigenvalue weighted by Crippen LogP contribution is 2.37. The van der Waals surface area contributed by atoms with Crippen LogP contribution in [0.1, 0.15) is 16.7 Å². The van der Waals surface area contributed by atoms with Crippen LogP contribution in [0, 0.1) is 10.5 Å². The lowest BCUT2D eigenvalue weighted by atomic mass is 10.1. The van der Waals surface area contributed by atoms with Gasteiger partial charge in [-0.15, -0.1) is 0 Å². The number of aromatic nitrogens is 4. The van der Waals surface area contributed by atoms with Crippen LogP contribution in [0.25, 0.3) is 5.69 Å². The van der Waals surface area contributed by atoms with Gasteiger partial charge in [0.1, 0.15) is 12.4 Å². The van der Waals surface area contributed by atoms with E-state index in [1.807, 2.05) is 22.6 Å². The van der Waals surface area contributed by atoms with Crippen molar-refractivity contribution in [2.75, 3.05) is 0 Å². The van der Waals surface area contributed by atoms with E-state index in [2.05, 4.69) is 10.4 Å². The van der Waals surface area contributed by atoms with Crippen molar-refractivity contribution in [2.24, 2.45) is 7.05 Å². The van der Waals surface area contributed by atoms with Gasteiger partial charge in [0, 0.05) is 16.2 Å². The summed E-state index contributed by atoms with van der Waals surface area (Å²) in [6, 6.07) is 9.01. The van der Waals surface area contributed by atoms with Gasteiger partial charge < -0.3 is 4.74 Å². The molecule has 0 aliphatic carbocycles. The molecule has 0 saturated heterocycles. The van der Waals surface area contributed by atoms with Crippen LogP contribution in [-0.4, -0.2) is 19.8 Å². The van der Waals surface area contributed by atoms with E-state index in [-0.39, 0.29) is 12.4 Å². The molecule has 2 aromatic carbocycles. The van der Waals surface area contributed by atoms with E-state index in [0.29, 0.717) is 16.8 Å². The fourth-order valence-electron chi connectivity index (χ4n) is 2.49. The highest BCUT2D eigenvalue weighted by atomic mass is 127. The minimum Gasteiger partial charge on any atom is -0.488 e. The van der Waals surface area contributed by atoms with Crippen LogP contribution >= 0.6 is 22.6 Å². The van der Waals surface area contributed by atoms with Crippen LogP contribution in [0.5, 0.6) is 5.75 Å². The molecule has 142 valence electrons. The average molecular weight is 490 g/mol. The van der Waals surface area contributed by atoms with E-state index in [1.165, 1.54) is 13.1 Å². The van der Waals surface area contributed by atoms with Crippen LogP contribution in [0.15, 0.2) is 41.2 Å². The number of aryl methyl sites for hydroxylation is 2. The quantitative estimate of drug-likeness (QED) is 0.526. The second-order valence-corrected chi connectivity index (χ2v) is 6.98. The van der Waals surface area contributed by atoms with Crippen LogP contribution < -0.4 is 10.4 Å². The summed E-state index contributed by atoms with van der Waals surface area (Å²) in [4.78, 5) is 12.1. The molecule has 0 amide bonds. The number of hydrogen-bond donors (Lipinski definition) is 0. The van der Waals surface area contributed by atoms with Gasteiger partial charge in [-0.05, 0) is 64.2 Å². The Labute approximate surface area is 165 Å². The van der Waals surface area contributed by atoms with Crippen molar-refractivity contribution in [3.8, 4) is 11.4 Å². The highest BCUT2D eigenvalue weighted by molar-refractivity contribution is 14.1. The van der Waals surface area contributed by atoms with E-state index < -0.39 is 17.4 Å². The monoisotopic (exact) mass is 490 g/mol. The molecule has 0 aliphatic heterocycles. The molecule has 3 rings (SSSR count). The smallest absolute Gasteiger partial charge is 0.419 e. The Bertz CT molecular complexity index is 1040. The second-order valence-electron chi connectivity index (χ2n) is 5.82. The minimum atomic E-state index is -4.53. The number of alkyl halides is 3. The van der Waals surface area contributed by atoms with Crippen molar-refractivity contribution in [1.82, 2.24) is 19.8 Å². The summed E-state index contributed by atoms with van der Waals surface area (Å²) in [7, 11) is 1.46. The van der Waals surface area contributed by atoms with Gasteiger partial charge in [-0.3, -0.25) is 0 Å². The number of halogens is 4. The van der Waals surface area contributed by atoms with Crippen molar-refractivity contribution >= 4 is 22.6 Å². The number of hydrogen-bond acceptors (Lipinski definition) is 4. The average Bonchev–Trinajstić information content (AvgIpc) is 2.93. The van der Waals surface area contributed by atoms with Gasteiger partial charge in [0.05, 0.1) is 11.3 Å². The number of benzene rings is 2. The van der Waals surface area contributed by atoms with Crippen LogP contribution in [0.4, 0.5) is 13.2 Å². The Balaban J connectivity index is 1.99. The topological polar surface area (TPSA) is 61.9 Å². The van der Waals surface area contributed by atoms with E-state index in [4.69, 9.17) is 4.74 Å². The molecule has 0 atom stereocenters. The largest absolute Gasteiger partial charge is 0.488 e. The SMILES string of the molecule is Cc1ccc(OCc2c(I)cccc2-n2nnn(C)c2=O)c(C(F)(F)F)c1. The maximum atomic E-state index is 13.3. The first kappa shape index (κ1) is 19.4. The molecule has 10 heteroatoms. The number of nitrogens with zero attached hydrogens (tertiary/aromatic N) is 4. The lowest BCUT2D eigenvalue weighted by Gasteiger charge is -2.16. The molecule has 0 spiro atoms.